The summed E-state index contributed by atoms with van der Waals surface area (Å²) in [6, 6.07) is 3.84. The lowest BCUT2D eigenvalue weighted by Crippen LogP contribution is -1.88. The minimum atomic E-state index is 0.771. The normalized spacial score (nSPS) is 10.5. The van der Waals surface area contributed by atoms with Crippen molar-refractivity contribution in [2.75, 3.05) is 0 Å². The van der Waals surface area contributed by atoms with E-state index in [1.807, 2.05) is 12.1 Å². The highest BCUT2D eigenvalue weighted by Crippen LogP contribution is 2.39. The molecule has 16 heavy (non-hydrogen) atoms. The maximum absolute atomic E-state index is 4.22. The quantitative estimate of drug-likeness (QED) is 0.535. The summed E-state index contributed by atoms with van der Waals surface area (Å²) in [7, 11) is 0. The Kier molecular flexibility index (Phi) is 4.15. The molecule has 0 N–H and O–H groups in total. The first-order valence-corrected chi connectivity index (χ1v) is 7.39. The third-order valence-corrected chi connectivity index (χ3v) is 5.17. The number of rotatable bonds is 1. The summed E-state index contributed by atoms with van der Waals surface area (Å²) < 4.78 is 3.45. The zero-order chi connectivity index (χ0) is 11.7. The van der Waals surface area contributed by atoms with Crippen molar-refractivity contribution >= 4 is 63.7 Å². The van der Waals surface area contributed by atoms with Gasteiger partial charge in [0.2, 0.25) is 0 Å². The van der Waals surface area contributed by atoms with Crippen LogP contribution in [-0.2, 0) is 0 Å². The van der Waals surface area contributed by atoms with Gasteiger partial charge in [-0.1, -0.05) is 0 Å². The van der Waals surface area contributed by atoms with Crippen molar-refractivity contribution in [1.29, 1.82) is 0 Å². The van der Waals surface area contributed by atoms with E-state index in [1.54, 1.807) is 12.4 Å². The minimum Gasteiger partial charge on any atom is -0.249 e. The molecule has 0 saturated carbocycles. The minimum absolute atomic E-state index is 0.771. The number of pyridine rings is 2. The number of aromatic nitrogens is 2. The average molecular weight is 472 g/mol. The van der Waals surface area contributed by atoms with Gasteiger partial charge >= 0.3 is 0 Å². The van der Waals surface area contributed by atoms with Crippen LogP contribution in [0.1, 0.15) is 0 Å². The molecule has 0 saturated heterocycles. The molecule has 82 valence electrons. The van der Waals surface area contributed by atoms with Crippen LogP contribution in [0.15, 0.2) is 42.7 Å². The van der Waals surface area contributed by atoms with Crippen molar-refractivity contribution in [2.45, 2.75) is 0 Å². The fourth-order valence-electron chi connectivity index (χ4n) is 1.27. The van der Waals surface area contributed by atoms with E-state index >= 15 is 0 Å². The first-order chi connectivity index (χ1) is 7.61. The fourth-order valence-corrected chi connectivity index (χ4v) is 3.36. The van der Waals surface area contributed by atoms with Crippen LogP contribution in [0.25, 0.3) is 11.1 Å². The highest BCUT2D eigenvalue weighted by molar-refractivity contribution is 9.13. The van der Waals surface area contributed by atoms with Crippen molar-refractivity contribution < 1.29 is 0 Å². The average Bonchev–Trinajstić information content (AvgIpc) is 2.24. The van der Waals surface area contributed by atoms with Gasteiger partial charge in [-0.2, -0.15) is 0 Å². The summed E-state index contributed by atoms with van der Waals surface area (Å²) in [5.41, 5.74) is 2.02. The van der Waals surface area contributed by atoms with Crippen LogP contribution >= 0.6 is 63.7 Å². The first-order valence-electron chi connectivity index (χ1n) is 4.21. The van der Waals surface area contributed by atoms with Crippen LogP contribution < -0.4 is 0 Å². The summed E-state index contributed by atoms with van der Waals surface area (Å²) in [5, 5.41) is 0. The lowest BCUT2D eigenvalue weighted by molar-refractivity contribution is 1.23. The van der Waals surface area contributed by atoms with Gasteiger partial charge in [0.25, 0.3) is 0 Å². The van der Waals surface area contributed by atoms with Gasteiger partial charge in [0.1, 0.15) is 9.21 Å². The van der Waals surface area contributed by atoms with E-state index in [9.17, 15) is 0 Å². The second-order valence-electron chi connectivity index (χ2n) is 2.92. The highest BCUT2D eigenvalue weighted by Gasteiger charge is 2.13. The second-order valence-corrected chi connectivity index (χ2v) is 6.07. The molecule has 0 aliphatic heterocycles. The van der Waals surface area contributed by atoms with Crippen LogP contribution in [-0.4, -0.2) is 9.97 Å². The van der Waals surface area contributed by atoms with Gasteiger partial charge < -0.3 is 0 Å². The summed E-state index contributed by atoms with van der Waals surface area (Å²) >= 11 is 13.9. The molecule has 2 aromatic rings. The molecule has 2 nitrogen and oxygen atoms in total. The van der Waals surface area contributed by atoms with Gasteiger partial charge in [0.05, 0.1) is 4.47 Å². The maximum Gasteiger partial charge on any atom is 0.120 e. The van der Waals surface area contributed by atoms with E-state index in [2.05, 4.69) is 73.7 Å². The monoisotopic (exact) mass is 468 g/mol. The summed E-state index contributed by atoms with van der Waals surface area (Å²) in [6.45, 7) is 0. The summed E-state index contributed by atoms with van der Waals surface area (Å²) in [4.78, 5) is 8.36. The van der Waals surface area contributed by atoms with Gasteiger partial charge in [0, 0.05) is 28.0 Å². The molecule has 0 radical (unpaired) electrons. The van der Waals surface area contributed by atoms with E-state index in [-0.39, 0.29) is 0 Å². The standard InChI is InChI=1S/C10H4Br4N2/c11-6-2-4-15-9(13)7(6)5-1-3-16-10(14)8(5)12/h1-4H. The van der Waals surface area contributed by atoms with Crippen molar-refractivity contribution in [3.8, 4) is 11.1 Å². The van der Waals surface area contributed by atoms with E-state index in [0.717, 1.165) is 29.3 Å². The predicted octanol–water partition coefficient (Wildman–Crippen LogP) is 5.19. The lowest BCUT2D eigenvalue weighted by atomic mass is 10.1. The Hall–Kier alpha value is 0.220. The Morgan fingerprint density at radius 1 is 0.812 bits per heavy atom. The molecule has 0 spiro atoms. The molecule has 0 aliphatic rings. The maximum atomic E-state index is 4.22. The number of hydrogen-bond donors (Lipinski definition) is 0. The SMILES string of the molecule is Brc1ccnc(Br)c1-c1ccnc(Br)c1Br. The third kappa shape index (κ3) is 2.39. The fraction of sp³-hybridized carbons (Fsp3) is 0. The van der Waals surface area contributed by atoms with Crippen LogP contribution in [0.2, 0.25) is 0 Å². The number of hydrogen-bond acceptors (Lipinski definition) is 2. The largest absolute Gasteiger partial charge is 0.249 e. The smallest absolute Gasteiger partial charge is 0.120 e. The Balaban J connectivity index is 2.73. The molecule has 0 aromatic carbocycles. The second kappa shape index (κ2) is 5.25. The van der Waals surface area contributed by atoms with Gasteiger partial charge in [0.15, 0.2) is 0 Å². The molecule has 0 atom stereocenters. The molecule has 2 aromatic heterocycles. The van der Waals surface area contributed by atoms with E-state index < -0.39 is 0 Å². The van der Waals surface area contributed by atoms with Crippen LogP contribution in [0, 0.1) is 0 Å². The molecule has 0 amide bonds. The molecule has 6 heteroatoms. The highest BCUT2D eigenvalue weighted by atomic mass is 79.9. The van der Waals surface area contributed by atoms with E-state index in [0.29, 0.717) is 0 Å². The first kappa shape index (κ1) is 12.7. The molecule has 0 unspecified atom stereocenters. The van der Waals surface area contributed by atoms with Crippen LogP contribution in [0.3, 0.4) is 0 Å². The molecule has 0 bridgehead atoms. The summed E-state index contributed by atoms with van der Waals surface area (Å²) in [6.07, 6.45) is 3.48. The third-order valence-electron chi connectivity index (χ3n) is 1.97. The van der Waals surface area contributed by atoms with Crippen molar-refractivity contribution in [2.24, 2.45) is 0 Å². The zero-order valence-corrected chi connectivity index (χ0v) is 14.1. The van der Waals surface area contributed by atoms with Gasteiger partial charge in [-0.25, -0.2) is 9.97 Å². The Morgan fingerprint density at radius 3 is 2.12 bits per heavy atom. The molecule has 0 fully saturated rings. The van der Waals surface area contributed by atoms with E-state index in [4.69, 9.17) is 0 Å². The Labute approximate surface area is 126 Å². The van der Waals surface area contributed by atoms with Crippen LogP contribution in [0.4, 0.5) is 0 Å². The molecule has 2 rings (SSSR count). The van der Waals surface area contributed by atoms with Crippen molar-refractivity contribution in [3.63, 3.8) is 0 Å². The molecular formula is C10H4Br4N2. The number of halogens is 4. The van der Waals surface area contributed by atoms with Crippen LogP contribution in [0.5, 0.6) is 0 Å². The zero-order valence-electron chi connectivity index (χ0n) is 7.72. The van der Waals surface area contributed by atoms with Crippen molar-refractivity contribution in [1.82, 2.24) is 9.97 Å². The molecular weight excluding hydrogens is 468 g/mol. The number of nitrogens with zero attached hydrogens (tertiary/aromatic N) is 2. The van der Waals surface area contributed by atoms with E-state index in [1.165, 1.54) is 0 Å². The predicted molar refractivity (Wildman–Crippen MR) is 78.3 cm³/mol. The topological polar surface area (TPSA) is 25.8 Å². The summed E-state index contributed by atoms with van der Waals surface area (Å²) in [5.74, 6) is 0. The molecule has 0 aliphatic carbocycles. The Morgan fingerprint density at radius 2 is 1.44 bits per heavy atom. The lowest BCUT2D eigenvalue weighted by Gasteiger charge is -2.09. The molecule has 2 heterocycles. The van der Waals surface area contributed by atoms with Gasteiger partial charge in [-0.15, -0.1) is 0 Å². The van der Waals surface area contributed by atoms with Gasteiger partial charge in [-0.3, -0.25) is 0 Å². The Bertz CT molecular complexity index is 522. The van der Waals surface area contributed by atoms with Gasteiger partial charge in [-0.05, 0) is 75.9 Å². The van der Waals surface area contributed by atoms with Crippen molar-refractivity contribution in [3.05, 3.63) is 42.7 Å².